The molecule has 4 saturated carbocycles. The van der Waals surface area contributed by atoms with E-state index in [1.165, 1.54) is 19.3 Å². The van der Waals surface area contributed by atoms with Gasteiger partial charge >= 0.3 is 0 Å². The van der Waals surface area contributed by atoms with Gasteiger partial charge in [0.1, 0.15) is 16.5 Å². The molecule has 2 aromatic rings. The predicted octanol–water partition coefficient (Wildman–Crippen LogP) is 4.48. The third-order valence-electron chi connectivity index (χ3n) is 7.22. The van der Waals surface area contributed by atoms with Gasteiger partial charge in [0.05, 0.1) is 11.4 Å². The quantitative estimate of drug-likeness (QED) is 0.755. The molecule has 1 heterocycles. The van der Waals surface area contributed by atoms with Crippen molar-refractivity contribution in [2.75, 3.05) is 0 Å². The zero-order valence-electron chi connectivity index (χ0n) is 16.1. The molecule has 4 nitrogen and oxygen atoms in total. The fourth-order valence-electron chi connectivity index (χ4n) is 6.81. The largest absolute Gasteiger partial charge is 0.286 e. The van der Waals surface area contributed by atoms with E-state index in [2.05, 4.69) is 5.10 Å². The maximum absolute atomic E-state index is 14.2. The molecule has 0 atom stereocenters. The van der Waals surface area contributed by atoms with Crippen LogP contribution in [0.5, 0.6) is 0 Å². The Hall–Kier alpha value is -1.76. The number of aryl methyl sites for hydroxylation is 1. The Balaban J connectivity index is 1.63. The molecule has 4 bridgehead atoms. The Morgan fingerprint density at radius 3 is 2.14 bits per heavy atom. The molecule has 0 radical (unpaired) electrons. The Bertz CT molecular complexity index is 1040. The Morgan fingerprint density at radius 1 is 1.04 bits per heavy atom. The summed E-state index contributed by atoms with van der Waals surface area (Å²) in [6.45, 7) is 3.63. The summed E-state index contributed by atoms with van der Waals surface area (Å²) in [7, 11) is -4.23. The number of halogens is 2. The third-order valence-corrected chi connectivity index (χ3v) is 8.92. The lowest BCUT2D eigenvalue weighted by molar-refractivity contribution is -0.00574. The second-order valence-electron chi connectivity index (χ2n) is 9.17. The Labute approximate surface area is 164 Å². The van der Waals surface area contributed by atoms with Crippen LogP contribution in [0.15, 0.2) is 23.1 Å². The van der Waals surface area contributed by atoms with E-state index in [4.69, 9.17) is 0 Å². The molecule has 4 fully saturated rings. The van der Waals surface area contributed by atoms with Gasteiger partial charge in [0.25, 0.3) is 10.0 Å². The lowest BCUT2D eigenvalue weighted by atomic mass is 9.48. The van der Waals surface area contributed by atoms with Gasteiger partial charge in [-0.15, -0.1) is 0 Å². The zero-order chi connectivity index (χ0) is 19.8. The third kappa shape index (κ3) is 2.51. The molecule has 4 aliphatic carbocycles. The highest BCUT2D eigenvalue weighted by Gasteiger charge is 2.53. The number of aromatic nitrogens is 2. The smallest absolute Gasteiger partial charge is 0.207 e. The van der Waals surface area contributed by atoms with Crippen molar-refractivity contribution in [1.29, 1.82) is 0 Å². The first-order chi connectivity index (χ1) is 13.2. The monoisotopic (exact) mass is 406 g/mol. The summed E-state index contributed by atoms with van der Waals surface area (Å²) < 4.78 is 54.7. The number of hydrogen-bond acceptors (Lipinski definition) is 3. The summed E-state index contributed by atoms with van der Waals surface area (Å²) in [5.41, 5.74) is 2.32. The predicted molar refractivity (Wildman–Crippen MR) is 100 cm³/mol. The minimum atomic E-state index is -4.23. The topological polar surface area (TPSA) is 52.0 Å². The molecule has 6 rings (SSSR count). The number of hydrogen-bond donors (Lipinski definition) is 0. The lowest BCUT2D eigenvalue weighted by Gasteiger charge is -2.57. The van der Waals surface area contributed by atoms with Gasteiger partial charge in [-0.3, -0.25) is 0 Å². The van der Waals surface area contributed by atoms with Crippen LogP contribution < -0.4 is 0 Å². The SMILES string of the molecule is Cc1nn(S(=O)(=O)c2ccc(F)cc2F)c(C)c1C12CC3CC(CC(C3)C1)C2. The van der Waals surface area contributed by atoms with Crippen LogP contribution in [0.1, 0.15) is 55.5 Å². The number of nitrogens with zero attached hydrogens (tertiary/aromatic N) is 2. The van der Waals surface area contributed by atoms with Gasteiger partial charge in [0.2, 0.25) is 0 Å². The Morgan fingerprint density at radius 2 is 1.61 bits per heavy atom. The summed E-state index contributed by atoms with van der Waals surface area (Å²) in [4.78, 5) is -0.545. The molecule has 28 heavy (non-hydrogen) atoms. The van der Waals surface area contributed by atoms with Crippen LogP contribution in [0, 0.1) is 43.2 Å². The first-order valence-electron chi connectivity index (χ1n) is 9.97. The first-order valence-corrected chi connectivity index (χ1v) is 11.4. The fraction of sp³-hybridized carbons (Fsp3) is 0.571. The highest BCUT2D eigenvalue weighted by molar-refractivity contribution is 7.89. The van der Waals surface area contributed by atoms with Crippen molar-refractivity contribution in [2.24, 2.45) is 17.8 Å². The molecule has 0 saturated heterocycles. The molecule has 0 N–H and O–H groups in total. The minimum absolute atomic E-state index is 0.00196. The molecule has 0 unspecified atom stereocenters. The molecule has 1 aromatic carbocycles. The van der Waals surface area contributed by atoms with Crippen LogP contribution in [0.4, 0.5) is 8.78 Å². The van der Waals surface area contributed by atoms with Crippen molar-refractivity contribution in [3.63, 3.8) is 0 Å². The average molecular weight is 406 g/mol. The van der Waals surface area contributed by atoms with Crippen molar-refractivity contribution in [1.82, 2.24) is 9.19 Å². The van der Waals surface area contributed by atoms with Crippen LogP contribution in [0.25, 0.3) is 0 Å². The molecule has 0 spiro atoms. The van der Waals surface area contributed by atoms with Crippen molar-refractivity contribution in [3.8, 4) is 0 Å². The van der Waals surface area contributed by atoms with E-state index in [0.29, 0.717) is 17.5 Å². The van der Waals surface area contributed by atoms with Gasteiger partial charge in [-0.2, -0.15) is 17.6 Å². The maximum atomic E-state index is 14.2. The summed E-state index contributed by atoms with van der Waals surface area (Å²) in [6, 6.07) is 2.53. The summed E-state index contributed by atoms with van der Waals surface area (Å²) in [6.07, 6.45) is 7.17. The summed E-state index contributed by atoms with van der Waals surface area (Å²) >= 11 is 0. The van der Waals surface area contributed by atoms with E-state index in [0.717, 1.165) is 58.8 Å². The van der Waals surface area contributed by atoms with E-state index < -0.39 is 26.6 Å². The average Bonchev–Trinajstić information content (AvgIpc) is 2.89. The highest BCUT2D eigenvalue weighted by Crippen LogP contribution is 2.61. The minimum Gasteiger partial charge on any atom is -0.207 e. The van der Waals surface area contributed by atoms with Crippen molar-refractivity contribution in [2.45, 2.75) is 62.7 Å². The van der Waals surface area contributed by atoms with Gasteiger partial charge in [-0.1, -0.05) is 0 Å². The summed E-state index contributed by atoms with van der Waals surface area (Å²) in [5, 5.41) is 4.35. The fourth-order valence-corrected chi connectivity index (χ4v) is 8.23. The zero-order valence-corrected chi connectivity index (χ0v) is 16.9. The van der Waals surface area contributed by atoms with E-state index in [9.17, 15) is 17.2 Å². The van der Waals surface area contributed by atoms with Gasteiger partial charge in [-0.25, -0.2) is 8.78 Å². The van der Waals surface area contributed by atoms with E-state index in [1.54, 1.807) is 6.92 Å². The van der Waals surface area contributed by atoms with Crippen molar-refractivity contribution in [3.05, 3.63) is 46.8 Å². The second-order valence-corrected chi connectivity index (χ2v) is 10.9. The molecule has 150 valence electrons. The molecule has 0 aliphatic heterocycles. The van der Waals surface area contributed by atoms with Gasteiger partial charge in [0, 0.05) is 11.6 Å². The molecule has 0 amide bonds. The standard InChI is InChI=1S/C21H24F2N2O2S/c1-12-20(21-9-14-5-15(10-21)7-16(6-14)11-21)13(2)25(24-12)28(26,27)19-4-3-17(22)8-18(19)23/h3-4,8,14-16H,5-7,9-11H2,1-2H3. The van der Waals surface area contributed by atoms with Crippen molar-refractivity contribution < 1.29 is 17.2 Å². The molecular weight excluding hydrogens is 382 g/mol. The van der Waals surface area contributed by atoms with E-state index in [1.807, 2.05) is 6.92 Å². The van der Waals surface area contributed by atoms with Gasteiger partial charge in [-0.05, 0) is 87.7 Å². The number of benzene rings is 1. The summed E-state index contributed by atoms with van der Waals surface area (Å²) in [5.74, 6) is 0.265. The van der Waals surface area contributed by atoms with E-state index >= 15 is 0 Å². The maximum Gasteiger partial charge on any atom is 0.286 e. The molecular formula is C21H24F2N2O2S. The van der Waals surface area contributed by atoms with Crippen LogP contribution in [-0.2, 0) is 15.4 Å². The molecule has 1 aromatic heterocycles. The number of rotatable bonds is 3. The Kier molecular flexibility index (Phi) is 3.84. The van der Waals surface area contributed by atoms with Crippen LogP contribution >= 0.6 is 0 Å². The van der Waals surface area contributed by atoms with Crippen LogP contribution in [0.2, 0.25) is 0 Å². The second kappa shape index (κ2) is 5.88. The normalized spacial score (nSPS) is 31.5. The van der Waals surface area contributed by atoms with Crippen molar-refractivity contribution >= 4 is 10.0 Å². The first kappa shape index (κ1) is 18.3. The van der Waals surface area contributed by atoms with Gasteiger partial charge < -0.3 is 0 Å². The lowest BCUT2D eigenvalue weighted by Crippen LogP contribution is -2.49. The molecule has 7 heteroatoms. The van der Waals surface area contributed by atoms with Crippen LogP contribution in [0.3, 0.4) is 0 Å². The molecule has 4 aliphatic rings. The highest BCUT2D eigenvalue weighted by atomic mass is 32.2. The van der Waals surface area contributed by atoms with E-state index in [-0.39, 0.29) is 5.41 Å². The van der Waals surface area contributed by atoms with Gasteiger partial charge in [0.15, 0.2) is 0 Å². The van der Waals surface area contributed by atoms with Crippen LogP contribution in [-0.4, -0.2) is 17.6 Å².